The van der Waals surface area contributed by atoms with E-state index >= 15 is 0 Å². The minimum absolute atomic E-state index is 0.0165. The smallest absolute Gasteiger partial charge is 0.229 e. The number of ether oxygens (including phenoxy) is 1. The Bertz CT molecular complexity index is 851. The summed E-state index contributed by atoms with van der Waals surface area (Å²) in [5.74, 6) is 0.674. The van der Waals surface area contributed by atoms with Crippen LogP contribution in [0.15, 0.2) is 34.9 Å². The number of benzene rings is 1. The fraction of sp³-hybridized carbons (Fsp3) is 0.312. The maximum Gasteiger partial charge on any atom is 0.229 e. The number of rotatable bonds is 4. The molecule has 7 heteroatoms. The Morgan fingerprint density at radius 2 is 2.22 bits per heavy atom. The maximum absolute atomic E-state index is 12.1. The number of anilines is 1. The topological polar surface area (TPSA) is 77.2 Å². The Balaban J connectivity index is 1.34. The highest BCUT2D eigenvalue weighted by Crippen LogP contribution is 2.35. The number of nitrogens with zero attached hydrogens (tertiary/aromatic N) is 2. The Labute approximate surface area is 136 Å². The Morgan fingerprint density at radius 1 is 1.35 bits per heavy atom. The molecule has 0 unspecified atom stereocenters. The van der Waals surface area contributed by atoms with Crippen molar-refractivity contribution in [1.82, 2.24) is 10.2 Å². The van der Waals surface area contributed by atoms with E-state index < -0.39 is 0 Å². The largest absolute Gasteiger partial charge is 0.486 e. The van der Waals surface area contributed by atoms with Gasteiger partial charge in [0.15, 0.2) is 11.3 Å². The van der Waals surface area contributed by atoms with E-state index in [4.69, 9.17) is 9.15 Å². The minimum Gasteiger partial charge on any atom is -0.486 e. The lowest BCUT2D eigenvalue weighted by Crippen LogP contribution is -2.40. The van der Waals surface area contributed by atoms with Crippen LogP contribution >= 0.6 is 11.3 Å². The molecule has 0 radical (unpaired) electrons. The van der Waals surface area contributed by atoms with E-state index in [2.05, 4.69) is 15.5 Å². The number of para-hydroxylation sites is 1. The van der Waals surface area contributed by atoms with E-state index in [-0.39, 0.29) is 17.9 Å². The molecule has 118 valence electrons. The van der Waals surface area contributed by atoms with Gasteiger partial charge in [-0.15, -0.1) is 10.2 Å². The molecule has 1 amide bonds. The third-order valence-electron chi connectivity index (χ3n) is 3.96. The van der Waals surface area contributed by atoms with E-state index in [0.29, 0.717) is 18.0 Å². The van der Waals surface area contributed by atoms with Crippen molar-refractivity contribution in [2.75, 3.05) is 5.32 Å². The number of fused-ring (bicyclic) bond motifs is 1. The third kappa shape index (κ3) is 2.79. The Morgan fingerprint density at radius 3 is 3.00 bits per heavy atom. The molecule has 4 rings (SSSR count). The molecule has 6 nitrogen and oxygen atoms in total. The molecule has 1 aliphatic rings. The molecule has 3 aromatic rings. The maximum atomic E-state index is 12.1. The van der Waals surface area contributed by atoms with Gasteiger partial charge in [0.2, 0.25) is 11.0 Å². The van der Waals surface area contributed by atoms with E-state index in [1.54, 1.807) is 6.26 Å². The molecule has 1 fully saturated rings. The van der Waals surface area contributed by atoms with Gasteiger partial charge in [-0.3, -0.25) is 4.79 Å². The summed E-state index contributed by atoms with van der Waals surface area (Å²) in [5, 5.41) is 13.0. The summed E-state index contributed by atoms with van der Waals surface area (Å²) in [6.45, 7) is 1.86. The van der Waals surface area contributed by atoms with E-state index in [1.165, 1.54) is 11.3 Å². The first-order chi connectivity index (χ1) is 11.2. The Hall–Kier alpha value is -2.41. The fourth-order valence-electron chi connectivity index (χ4n) is 2.67. The lowest BCUT2D eigenvalue weighted by atomic mass is 9.81. The summed E-state index contributed by atoms with van der Waals surface area (Å²) < 4.78 is 11.4. The molecule has 0 saturated heterocycles. The van der Waals surface area contributed by atoms with Gasteiger partial charge in [-0.2, -0.15) is 0 Å². The predicted molar refractivity (Wildman–Crippen MR) is 86.6 cm³/mol. The first kappa shape index (κ1) is 14.2. The fourth-order valence-corrected chi connectivity index (χ4v) is 3.26. The number of hydrogen-bond donors (Lipinski definition) is 1. The second-order valence-corrected chi connectivity index (χ2v) is 6.80. The molecular weight excluding hydrogens is 314 g/mol. The van der Waals surface area contributed by atoms with Crippen LogP contribution in [-0.4, -0.2) is 22.2 Å². The second kappa shape index (κ2) is 5.66. The number of carbonyl (C=O) groups excluding carboxylic acids is 1. The first-order valence-corrected chi connectivity index (χ1v) is 8.24. The van der Waals surface area contributed by atoms with E-state index in [9.17, 15) is 4.79 Å². The van der Waals surface area contributed by atoms with Gasteiger partial charge in [-0.1, -0.05) is 23.5 Å². The molecule has 0 spiro atoms. The van der Waals surface area contributed by atoms with Crippen LogP contribution in [0.4, 0.5) is 5.13 Å². The first-order valence-electron chi connectivity index (χ1n) is 7.43. The zero-order valence-electron chi connectivity index (χ0n) is 12.5. The Kier molecular flexibility index (Phi) is 3.49. The van der Waals surface area contributed by atoms with Crippen LogP contribution in [0.2, 0.25) is 0 Å². The van der Waals surface area contributed by atoms with Crippen molar-refractivity contribution in [2.24, 2.45) is 5.92 Å². The summed E-state index contributed by atoms with van der Waals surface area (Å²) in [4.78, 5) is 12.1. The molecule has 0 atom stereocenters. The molecule has 1 saturated carbocycles. The van der Waals surface area contributed by atoms with Gasteiger partial charge in [-0.05, 0) is 31.9 Å². The predicted octanol–water partition coefficient (Wildman–Crippen LogP) is 3.39. The second-order valence-electron chi connectivity index (χ2n) is 5.62. The van der Waals surface area contributed by atoms with Crippen LogP contribution in [0.3, 0.4) is 0 Å². The van der Waals surface area contributed by atoms with Gasteiger partial charge < -0.3 is 14.5 Å². The van der Waals surface area contributed by atoms with Gasteiger partial charge >= 0.3 is 0 Å². The molecule has 2 heterocycles. The zero-order chi connectivity index (χ0) is 15.8. The van der Waals surface area contributed by atoms with Gasteiger partial charge in [0.25, 0.3) is 0 Å². The summed E-state index contributed by atoms with van der Waals surface area (Å²) in [7, 11) is 0. The zero-order valence-corrected chi connectivity index (χ0v) is 13.3. The highest BCUT2D eigenvalue weighted by molar-refractivity contribution is 7.15. The van der Waals surface area contributed by atoms with Crippen LogP contribution in [0.5, 0.6) is 5.75 Å². The third-order valence-corrected chi connectivity index (χ3v) is 4.71. The number of hydrogen-bond acceptors (Lipinski definition) is 6. The standard InChI is InChI=1S/C16H15N3O3S/c1-9-18-19-16(23-9)17-15(20)11-7-12(8-11)22-13-4-2-3-10-5-6-21-14(10)13/h2-6,11-12H,7-8H2,1H3,(H,17,19,20)/t11-,12-. The van der Waals surface area contributed by atoms with E-state index in [1.807, 2.05) is 31.2 Å². The monoisotopic (exact) mass is 329 g/mol. The summed E-state index contributed by atoms with van der Waals surface area (Å²) in [5.41, 5.74) is 0.754. The average molecular weight is 329 g/mol. The van der Waals surface area contributed by atoms with Gasteiger partial charge in [0.05, 0.1) is 6.26 Å². The quantitative estimate of drug-likeness (QED) is 0.794. The van der Waals surface area contributed by atoms with Gasteiger partial charge in [-0.25, -0.2) is 0 Å². The SMILES string of the molecule is Cc1nnc(NC(=O)[C@H]2C[C@H](Oc3cccc4ccoc34)C2)s1. The molecular formula is C16H15N3O3S. The van der Waals surface area contributed by atoms with Crippen LogP contribution < -0.4 is 10.1 Å². The summed E-state index contributed by atoms with van der Waals surface area (Å²) in [6, 6.07) is 7.72. The van der Waals surface area contributed by atoms with Crippen molar-refractivity contribution in [3.63, 3.8) is 0 Å². The lowest BCUT2D eigenvalue weighted by molar-refractivity contribution is -0.125. The number of furan rings is 1. The summed E-state index contributed by atoms with van der Waals surface area (Å²) in [6.07, 6.45) is 3.08. The number of aromatic nitrogens is 2. The number of nitrogens with one attached hydrogen (secondary N) is 1. The number of aryl methyl sites for hydroxylation is 1. The van der Waals surface area contributed by atoms with Crippen LogP contribution in [0, 0.1) is 12.8 Å². The van der Waals surface area contributed by atoms with E-state index in [0.717, 1.165) is 21.7 Å². The molecule has 1 aromatic carbocycles. The average Bonchev–Trinajstić information content (AvgIpc) is 3.11. The molecule has 1 aliphatic carbocycles. The highest BCUT2D eigenvalue weighted by Gasteiger charge is 2.36. The normalized spacial score (nSPS) is 20.2. The van der Waals surface area contributed by atoms with Crippen molar-refractivity contribution in [2.45, 2.75) is 25.9 Å². The molecule has 1 N–H and O–H groups in total. The van der Waals surface area contributed by atoms with Crippen molar-refractivity contribution in [1.29, 1.82) is 0 Å². The number of carbonyl (C=O) groups is 1. The van der Waals surface area contributed by atoms with Gasteiger partial charge in [0.1, 0.15) is 11.1 Å². The molecule has 2 aromatic heterocycles. The lowest BCUT2D eigenvalue weighted by Gasteiger charge is -2.33. The van der Waals surface area contributed by atoms with Crippen LogP contribution in [0.25, 0.3) is 11.0 Å². The van der Waals surface area contributed by atoms with Crippen molar-refractivity contribution in [3.8, 4) is 5.75 Å². The minimum atomic E-state index is -0.0417. The molecule has 0 aliphatic heterocycles. The summed E-state index contributed by atoms with van der Waals surface area (Å²) >= 11 is 1.38. The van der Waals surface area contributed by atoms with Crippen LogP contribution in [-0.2, 0) is 4.79 Å². The highest BCUT2D eigenvalue weighted by atomic mass is 32.1. The molecule has 0 bridgehead atoms. The molecule has 23 heavy (non-hydrogen) atoms. The van der Waals surface area contributed by atoms with Crippen molar-refractivity contribution >= 4 is 33.3 Å². The number of amides is 1. The van der Waals surface area contributed by atoms with Crippen LogP contribution in [0.1, 0.15) is 17.8 Å². The van der Waals surface area contributed by atoms with Crippen molar-refractivity contribution in [3.05, 3.63) is 35.5 Å². The van der Waals surface area contributed by atoms with Crippen molar-refractivity contribution < 1.29 is 13.9 Å². The van der Waals surface area contributed by atoms with Gasteiger partial charge in [0, 0.05) is 11.3 Å².